The van der Waals surface area contributed by atoms with E-state index >= 15 is 0 Å². The van der Waals surface area contributed by atoms with Crippen molar-refractivity contribution in [2.24, 2.45) is 13.0 Å². The summed E-state index contributed by atoms with van der Waals surface area (Å²) in [6.07, 6.45) is 4.70. The topological polar surface area (TPSA) is 51.0 Å². The van der Waals surface area contributed by atoms with Crippen LogP contribution in [0, 0.1) is 5.92 Å². The molecule has 0 saturated heterocycles. The summed E-state index contributed by atoms with van der Waals surface area (Å²) in [6.45, 7) is 16.4. The summed E-state index contributed by atoms with van der Waals surface area (Å²) in [5.41, 5.74) is 5.17. The molecule has 0 radical (unpaired) electrons. The van der Waals surface area contributed by atoms with Gasteiger partial charge in [0.1, 0.15) is 5.69 Å². The molecule has 0 saturated carbocycles. The molecule has 5 nitrogen and oxygen atoms in total. The van der Waals surface area contributed by atoms with Crippen molar-refractivity contribution in [1.29, 1.82) is 0 Å². The predicted molar refractivity (Wildman–Crippen MR) is 115 cm³/mol. The molecule has 0 N–H and O–H groups in total. The number of aryl methyl sites for hydroxylation is 1. The maximum atomic E-state index is 12.9. The minimum atomic E-state index is -0.128. The Bertz CT molecular complexity index is 905. The van der Waals surface area contributed by atoms with Crippen LogP contribution < -0.4 is 0 Å². The molecule has 0 spiro atoms. The molecular formula is C23H30N4O. The fraction of sp³-hybridized carbons (Fsp3) is 0.348. The van der Waals surface area contributed by atoms with Crippen LogP contribution >= 0.6 is 0 Å². The molecule has 1 aromatic carbocycles. The maximum Gasteiger partial charge on any atom is 0.229 e. The lowest BCUT2D eigenvalue weighted by Gasteiger charge is -2.30. The van der Waals surface area contributed by atoms with Gasteiger partial charge in [0, 0.05) is 24.1 Å². The molecule has 0 atom stereocenters. The van der Waals surface area contributed by atoms with Gasteiger partial charge in [0.15, 0.2) is 0 Å². The number of aromatic nitrogens is 3. The molecule has 0 bridgehead atoms. The highest BCUT2D eigenvalue weighted by atomic mass is 16.2. The van der Waals surface area contributed by atoms with Gasteiger partial charge in [-0.25, -0.2) is 4.68 Å². The molecule has 2 heterocycles. The highest BCUT2D eigenvalue weighted by Crippen LogP contribution is 2.36. The van der Waals surface area contributed by atoms with E-state index in [1.807, 2.05) is 45.2 Å². The first-order valence-corrected chi connectivity index (χ1v) is 9.69. The van der Waals surface area contributed by atoms with Gasteiger partial charge in [-0.05, 0) is 11.6 Å². The third kappa shape index (κ3) is 3.98. The third-order valence-electron chi connectivity index (χ3n) is 4.41. The van der Waals surface area contributed by atoms with Crippen molar-refractivity contribution in [1.82, 2.24) is 19.9 Å². The van der Waals surface area contributed by atoms with E-state index in [-0.39, 0.29) is 11.8 Å². The van der Waals surface area contributed by atoms with E-state index in [0.29, 0.717) is 6.54 Å². The Kier molecular flexibility index (Phi) is 7.10. The van der Waals surface area contributed by atoms with Crippen molar-refractivity contribution in [3.63, 3.8) is 0 Å². The molecule has 28 heavy (non-hydrogen) atoms. The Morgan fingerprint density at radius 2 is 1.86 bits per heavy atom. The zero-order valence-corrected chi connectivity index (χ0v) is 17.6. The van der Waals surface area contributed by atoms with Crippen LogP contribution in [0.5, 0.6) is 0 Å². The van der Waals surface area contributed by atoms with Crippen molar-refractivity contribution in [2.75, 3.05) is 0 Å². The summed E-state index contributed by atoms with van der Waals surface area (Å²) in [7, 11) is 1.84. The monoisotopic (exact) mass is 378 g/mol. The number of nitrogens with zero attached hydrogens (tertiary/aromatic N) is 4. The van der Waals surface area contributed by atoms with Crippen molar-refractivity contribution < 1.29 is 4.79 Å². The van der Waals surface area contributed by atoms with E-state index in [1.165, 1.54) is 6.42 Å². The smallest absolute Gasteiger partial charge is 0.229 e. The largest absolute Gasteiger partial charge is 0.307 e. The van der Waals surface area contributed by atoms with Crippen LogP contribution in [0.15, 0.2) is 55.3 Å². The van der Waals surface area contributed by atoms with Gasteiger partial charge in [0.25, 0.3) is 0 Å². The van der Waals surface area contributed by atoms with E-state index in [4.69, 9.17) is 0 Å². The lowest BCUT2D eigenvalue weighted by Crippen LogP contribution is -2.34. The summed E-state index contributed by atoms with van der Waals surface area (Å²) < 4.78 is 1.72. The number of allylic oxidation sites excluding steroid dienone is 3. The van der Waals surface area contributed by atoms with Gasteiger partial charge in [-0.2, -0.15) is 0 Å². The maximum absolute atomic E-state index is 12.9. The van der Waals surface area contributed by atoms with Crippen LogP contribution in [0.4, 0.5) is 0 Å². The Hall–Kier alpha value is -2.95. The first-order chi connectivity index (χ1) is 13.4. The first-order valence-electron chi connectivity index (χ1n) is 9.69. The summed E-state index contributed by atoms with van der Waals surface area (Å²) in [6, 6.07) is 7.98. The predicted octanol–water partition coefficient (Wildman–Crippen LogP) is 4.98. The van der Waals surface area contributed by atoms with E-state index in [2.05, 4.69) is 37.3 Å². The number of amides is 1. The second kappa shape index (κ2) is 9.31. The second-order valence-electron chi connectivity index (χ2n) is 7.06. The SMILES string of the molecule is C=C/C1=C(\C=C)N(C(=O)C(C)C)Cc2ccccc2-c2nnn(C)c21.CCC. The normalized spacial score (nSPS) is 15.6. The van der Waals surface area contributed by atoms with Crippen LogP contribution in [0.2, 0.25) is 0 Å². The average molecular weight is 379 g/mol. The van der Waals surface area contributed by atoms with E-state index < -0.39 is 0 Å². The Morgan fingerprint density at radius 1 is 1.21 bits per heavy atom. The molecule has 0 fully saturated rings. The van der Waals surface area contributed by atoms with Gasteiger partial charge in [-0.3, -0.25) is 4.79 Å². The zero-order valence-electron chi connectivity index (χ0n) is 17.6. The van der Waals surface area contributed by atoms with Crippen LogP contribution in [0.3, 0.4) is 0 Å². The molecule has 1 aliphatic heterocycles. The molecule has 1 aliphatic rings. The molecule has 5 heteroatoms. The van der Waals surface area contributed by atoms with Gasteiger partial charge in [-0.1, -0.05) is 82.8 Å². The van der Waals surface area contributed by atoms with Gasteiger partial charge in [0.2, 0.25) is 5.91 Å². The molecule has 1 amide bonds. The first kappa shape index (κ1) is 21.4. The standard InChI is InChI=1S/C20H22N4O.C3H8/c1-6-15-17(7-2)24(20(25)13(3)4)12-14-10-8-9-11-16(14)18-19(15)23(5)22-21-18;1-3-2/h6-11,13H,1-2,12H2,3-5H3;3H2,1-2H3/b17-15-;. The highest BCUT2D eigenvalue weighted by Gasteiger charge is 2.29. The van der Waals surface area contributed by atoms with E-state index in [1.54, 1.807) is 21.7 Å². The minimum absolute atomic E-state index is 0.0441. The summed E-state index contributed by atoms with van der Waals surface area (Å²) in [5, 5.41) is 8.56. The van der Waals surface area contributed by atoms with Gasteiger partial charge >= 0.3 is 0 Å². The average Bonchev–Trinajstić information content (AvgIpc) is 3.04. The Balaban J connectivity index is 0.000000878. The fourth-order valence-electron chi connectivity index (χ4n) is 3.18. The molecule has 3 rings (SSSR count). The lowest BCUT2D eigenvalue weighted by atomic mass is 9.95. The second-order valence-corrected chi connectivity index (χ2v) is 7.06. The molecule has 1 aromatic heterocycles. The van der Waals surface area contributed by atoms with E-state index in [9.17, 15) is 4.79 Å². The summed E-state index contributed by atoms with van der Waals surface area (Å²) >= 11 is 0. The van der Waals surface area contributed by atoms with Crippen LogP contribution in [0.1, 0.15) is 45.4 Å². The van der Waals surface area contributed by atoms with Crippen LogP contribution in [-0.4, -0.2) is 25.8 Å². The molecule has 148 valence electrons. The van der Waals surface area contributed by atoms with Crippen LogP contribution in [0.25, 0.3) is 16.8 Å². The number of rotatable bonds is 3. The van der Waals surface area contributed by atoms with Crippen molar-refractivity contribution >= 4 is 11.5 Å². The van der Waals surface area contributed by atoms with Gasteiger partial charge in [-0.15, -0.1) is 5.10 Å². The number of hydrogen-bond donors (Lipinski definition) is 0. The number of carbonyl (C=O) groups excluding carboxylic acids is 1. The number of hydrogen-bond acceptors (Lipinski definition) is 3. The minimum Gasteiger partial charge on any atom is -0.307 e. The van der Waals surface area contributed by atoms with Crippen molar-refractivity contribution in [3.8, 4) is 11.3 Å². The zero-order chi connectivity index (χ0) is 20.8. The molecule has 0 aliphatic carbocycles. The lowest BCUT2D eigenvalue weighted by molar-refractivity contribution is -0.132. The highest BCUT2D eigenvalue weighted by molar-refractivity contribution is 5.90. The quantitative estimate of drug-likeness (QED) is 0.757. The number of carbonyl (C=O) groups is 1. The number of fused-ring (bicyclic) bond motifs is 3. The Labute approximate surface area is 168 Å². The molecule has 0 unspecified atom stereocenters. The summed E-state index contributed by atoms with van der Waals surface area (Å²) in [5.74, 6) is -0.0839. The van der Waals surface area contributed by atoms with Crippen molar-refractivity contribution in [3.05, 3.63) is 66.5 Å². The summed E-state index contributed by atoms with van der Waals surface area (Å²) in [4.78, 5) is 14.7. The van der Waals surface area contributed by atoms with Crippen molar-refractivity contribution in [2.45, 2.75) is 40.7 Å². The molecule has 2 aromatic rings. The Morgan fingerprint density at radius 3 is 2.43 bits per heavy atom. The third-order valence-corrected chi connectivity index (χ3v) is 4.41. The van der Waals surface area contributed by atoms with Gasteiger partial charge in [0.05, 0.1) is 17.9 Å². The van der Waals surface area contributed by atoms with Gasteiger partial charge < -0.3 is 4.90 Å². The van der Waals surface area contributed by atoms with Crippen LogP contribution in [-0.2, 0) is 18.4 Å². The molecular weight excluding hydrogens is 348 g/mol. The fourth-order valence-corrected chi connectivity index (χ4v) is 3.18. The van der Waals surface area contributed by atoms with E-state index in [0.717, 1.165) is 33.8 Å². The number of benzene rings is 1.